The van der Waals surface area contributed by atoms with Gasteiger partial charge in [-0.25, -0.2) is 0 Å². The molecule has 78 valence electrons. The zero-order chi connectivity index (χ0) is 10.7. The zero-order valence-corrected chi connectivity index (χ0v) is 8.96. The van der Waals surface area contributed by atoms with Gasteiger partial charge in [-0.15, -0.1) is 0 Å². The third-order valence-corrected chi connectivity index (χ3v) is 2.40. The Kier molecular flexibility index (Phi) is 3.49. The summed E-state index contributed by atoms with van der Waals surface area (Å²) in [6.45, 7) is 4.47. The van der Waals surface area contributed by atoms with Crippen molar-refractivity contribution in [3.8, 4) is 0 Å². The van der Waals surface area contributed by atoms with Crippen LogP contribution in [-0.2, 0) is 0 Å². The van der Waals surface area contributed by atoms with E-state index in [1.165, 1.54) is 0 Å². The monoisotopic (exact) mass is 194 g/mol. The largest absolute Gasteiger partial charge is 0.398 e. The van der Waals surface area contributed by atoms with Gasteiger partial charge in [0, 0.05) is 12.2 Å². The quantitative estimate of drug-likeness (QED) is 0.632. The van der Waals surface area contributed by atoms with E-state index in [9.17, 15) is 5.11 Å². The number of hydrogen-bond donors (Lipinski definition) is 3. The van der Waals surface area contributed by atoms with Gasteiger partial charge in [0.15, 0.2) is 0 Å². The van der Waals surface area contributed by atoms with Crippen LogP contribution >= 0.6 is 0 Å². The standard InChI is InChI=1S/C11H18N2O/c1-7-4-9(10(14)6-13-3)5-8(2)11(7)12/h4-5,10,13-14H,6,12H2,1-3H3. The van der Waals surface area contributed by atoms with E-state index in [0.717, 1.165) is 22.4 Å². The van der Waals surface area contributed by atoms with Crippen LogP contribution in [0, 0.1) is 13.8 Å². The first kappa shape index (κ1) is 11.0. The normalized spacial score (nSPS) is 12.9. The van der Waals surface area contributed by atoms with Gasteiger partial charge in [-0.2, -0.15) is 0 Å². The molecule has 1 rings (SSSR count). The van der Waals surface area contributed by atoms with E-state index in [2.05, 4.69) is 5.32 Å². The van der Waals surface area contributed by atoms with Crippen molar-refractivity contribution >= 4 is 5.69 Å². The van der Waals surface area contributed by atoms with Crippen molar-refractivity contribution in [3.05, 3.63) is 28.8 Å². The Balaban J connectivity index is 3.00. The summed E-state index contributed by atoms with van der Waals surface area (Å²) >= 11 is 0. The lowest BCUT2D eigenvalue weighted by Gasteiger charge is -2.13. The average Bonchev–Trinajstić information content (AvgIpc) is 2.13. The van der Waals surface area contributed by atoms with Crippen LogP contribution in [0.3, 0.4) is 0 Å². The lowest BCUT2D eigenvalue weighted by Crippen LogP contribution is -2.17. The summed E-state index contributed by atoms with van der Waals surface area (Å²) in [7, 11) is 1.82. The fourth-order valence-electron chi connectivity index (χ4n) is 1.51. The fourth-order valence-corrected chi connectivity index (χ4v) is 1.51. The predicted octanol–water partition coefficient (Wildman–Crippen LogP) is 1.14. The number of nitrogens with one attached hydrogen (secondary N) is 1. The second-order valence-electron chi connectivity index (χ2n) is 3.64. The van der Waals surface area contributed by atoms with Crippen LogP contribution in [0.4, 0.5) is 5.69 Å². The molecule has 0 aromatic heterocycles. The number of nitrogen functional groups attached to an aromatic ring is 1. The Labute approximate surface area is 84.9 Å². The Morgan fingerprint density at radius 1 is 1.36 bits per heavy atom. The molecule has 0 radical (unpaired) electrons. The fraction of sp³-hybridized carbons (Fsp3) is 0.455. The molecule has 0 saturated carbocycles. The highest BCUT2D eigenvalue weighted by molar-refractivity contribution is 5.54. The molecule has 1 atom stereocenters. The van der Waals surface area contributed by atoms with Crippen LogP contribution in [0.5, 0.6) is 0 Å². The number of likely N-dealkylation sites (N-methyl/N-ethyl adjacent to an activating group) is 1. The first-order valence-corrected chi connectivity index (χ1v) is 4.75. The third kappa shape index (κ3) is 2.25. The first-order chi connectivity index (χ1) is 6.56. The molecule has 0 fully saturated rings. The topological polar surface area (TPSA) is 58.3 Å². The number of aliphatic hydroxyl groups excluding tert-OH is 1. The summed E-state index contributed by atoms with van der Waals surface area (Å²) in [6.07, 6.45) is -0.460. The molecule has 3 heteroatoms. The van der Waals surface area contributed by atoms with Gasteiger partial charge >= 0.3 is 0 Å². The van der Waals surface area contributed by atoms with Gasteiger partial charge in [0.1, 0.15) is 0 Å². The van der Waals surface area contributed by atoms with E-state index >= 15 is 0 Å². The first-order valence-electron chi connectivity index (χ1n) is 4.75. The maximum Gasteiger partial charge on any atom is 0.0914 e. The summed E-state index contributed by atoms with van der Waals surface area (Å²) in [5.74, 6) is 0. The summed E-state index contributed by atoms with van der Waals surface area (Å²) in [4.78, 5) is 0. The Bertz CT molecular complexity index is 300. The van der Waals surface area contributed by atoms with Crippen molar-refractivity contribution in [1.29, 1.82) is 0 Å². The van der Waals surface area contributed by atoms with Gasteiger partial charge in [0.2, 0.25) is 0 Å². The van der Waals surface area contributed by atoms with Crippen molar-refractivity contribution in [2.75, 3.05) is 19.3 Å². The molecule has 3 nitrogen and oxygen atoms in total. The lowest BCUT2D eigenvalue weighted by atomic mass is 10.0. The molecule has 1 aromatic carbocycles. The van der Waals surface area contributed by atoms with Gasteiger partial charge in [0.25, 0.3) is 0 Å². The minimum absolute atomic E-state index is 0.460. The van der Waals surface area contributed by atoms with Crippen molar-refractivity contribution in [1.82, 2.24) is 5.32 Å². The highest BCUT2D eigenvalue weighted by Gasteiger charge is 2.09. The molecular weight excluding hydrogens is 176 g/mol. The second kappa shape index (κ2) is 4.44. The van der Waals surface area contributed by atoms with E-state index in [-0.39, 0.29) is 0 Å². The number of nitrogens with two attached hydrogens (primary N) is 1. The number of aliphatic hydroxyl groups is 1. The maximum absolute atomic E-state index is 9.76. The minimum atomic E-state index is -0.460. The van der Waals surface area contributed by atoms with Crippen LogP contribution < -0.4 is 11.1 Å². The SMILES string of the molecule is CNCC(O)c1cc(C)c(N)c(C)c1. The van der Waals surface area contributed by atoms with Crippen molar-refractivity contribution in [3.63, 3.8) is 0 Å². The van der Waals surface area contributed by atoms with Crippen molar-refractivity contribution in [2.24, 2.45) is 0 Å². The minimum Gasteiger partial charge on any atom is -0.398 e. The number of rotatable bonds is 3. The van der Waals surface area contributed by atoms with Crippen LogP contribution in [0.1, 0.15) is 22.8 Å². The van der Waals surface area contributed by atoms with Crippen LogP contribution in [0.2, 0.25) is 0 Å². The van der Waals surface area contributed by atoms with Crippen molar-refractivity contribution in [2.45, 2.75) is 20.0 Å². The highest BCUT2D eigenvalue weighted by atomic mass is 16.3. The second-order valence-corrected chi connectivity index (χ2v) is 3.64. The van der Waals surface area contributed by atoms with Crippen LogP contribution in [0.15, 0.2) is 12.1 Å². The Hall–Kier alpha value is -1.06. The number of anilines is 1. The molecule has 0 aliphatic heterocycles. The van der Waals surface area contributed by atoms with E-state index in [0.29, 0.717) is 6.54 Å². The molecule has 1 unspecified atom stereocenters. The molecular formula is C11H18N2O. The molecule has 14 heavy (non-hydrogen) atoms. The van der Waals surface area contributed by atoms with E-state index in [1.807, 2.05) is 33.0 Å². The smallest absolute Gasteiger partial charge is 0.0914 e. The summed E-state index contributed by atoms with van der Waals surface area (Å²) < 4.78 is 0. The lowest BCUT2D eigenvalue weighted by molar-refractivity contribution is 0.177. The zero-order valence-electron chi connectivity index (χ0n) is 8.96. The number of benzene rings is 1. The molecule has 0 saturated heterocycles. The Morgan fingerprint density at radius 2 is 1.86 bits per heavy atom. The van der Waals surface area contributed by atoms with Crippen LogP contribution in [-0.4, -0.2) is 18.7 Å². The molecule has 0 aliphatic carbocycles. The molecule has 0 aliphatic rings. The molecule has 0 bridgehead atoms. The van der Waals surface area contributed by atoms with E-state index in [1.54, 1.807) is 0 Å². The molecule has 0 heterocycles. The summed E-state index contributed by atoms with van der Waals surface area (Å²) in [6, 6.07) is 3.87. The third-order valence-electron chi connectivity index (χ3n) is 2.40. The van der Waals surface area contributed by atoms with E-state index < -0.39 is 6.10 Å². The molecule has 0 spiro atoms. The molecule has 1 aromatic rings. The molecule has 0 amide bonds. The Morgan fingerprint density at radius 3 is 2.29 bits per heavy atom. The van der Waals surface area contributed by atoms with Crippen molar-refractivity contribution < 1.29 is 5.11 Å². The van der Waals surface area contributed by atoms with Gasteiger partial charge in [-0.05, 0) is 37.6 Å². The van der Waals surface area contributed by atoms with Gasteiger partial charge < -0.3 is 16.2 Å². The van der Waals surface area contributed by atoms with Gasteiger partial charge in [-0.3, -0.25) is 0 Å². The van der Waals surface area contributed by atoms with Gasteiger partial charge in [0.05, 0.1) is 6.10 Å². The van der Waals surface area contributed by atoms with Gasteiger partial charge in [-0.1, -0.05) is 12.1 Å². The summed E-state index contributed by atoms with van der Waals surface area (Å²) in [5.41, 5.74) is 9.60. The van der Waals surface area contributed by atoms with E-state index in [4.69, 9.17) is 5.73 Å². The number of aryl methyl sites for hydroxylation is 2. The predicted molar refractivity (Wildman–Crippen MR) is 59.2 cm³/mol. The maximum atomic E-state index is 9.76. The summed E-state index contributed by atoms with van der Waals surface area (Å²) in [5, 5.41) is 12.7. The number of hydrogen-bond acceptors (Lipinski definition) is 3. The average molecular weight is 194 g/mol. The highest BCUT2D eigenvalue weighted by Crippen LogP contribution is 2.22. The van der Waals surface area contributed by atoms with Crippen LogP contribution in [0.25, 0.3) is 0 Å². The molecule has 4 N–H and O–H groups in total.